The number of nitrogens with zero attached hydrogens (tertiary/aromatic N) is 2. The Kier molecular flexibility index (Phi) is 4.10. The number of esters is 1. The first-order valence-electron chi connectivity index (χ1n) is 6.29. The summed E-state index contributed by atoms with van der Waals surface area (Å²) >= 11 is 0. The lowest BCUT2D eigenvalue weighted by molar-refractivity contribution is 0.0602. The maximum absolute atomic E-state index is 11.7. The molecule has 106 valence electrons. The minimum Gasteiger partial charge on any atom is -0.465 e. The molecule has 0 atom stereocenters. The van der Waals surface area contributed by atoms with Crippen molar-refractivity contribution >= 4 is 23.0 Å². The number of nitrogens with two attached hydrogens (primary N) is 1. The van der Waals surface area contributed by atoms with Crippen LogP contribution in [0.5, 0.6) is 0 Å². The number of nitriles is 1. The Bertz CT molecular complexity index is 702. The van der Waals surface area contributed by atoms with Crippen molar-refractivity contribution in [2.24, 2.45) is 0 Å². The van der Waals surface area contributed by atoms with E-state index < -0.39 is 5.97 Å². The Morgan fingerprint density at radius 2 is 1.90 bits per heavy atom. The summed E-state index contributed by atoms with van der Waals surface area (Å²) in [5, 5.41) is 8.82. The fourth-order valence-electron chi connectivity index (χ4n) is 2.03. The number of rotatable bonds is 3. The first kappa shape index (κ1) is 14.4. The molecule has 5 nitrogen and oxygen atoms in total. The molecule has 21 heavy (non-hydrogen) atoms. The van der Waals surface area contributed by atoms with Crippen LogP contribution in [-0.2, 0) is 4.74 Å². The molecule has 2 aromatic rings. The first-order chi connectivity index (χ1) is 10.1. The Morgan fingerprint density at radius 3 is 2.48 bits per heavy atom. The van der Waals surface area contributed by atoms with Gasteiger partial charge < -0.3 is 15.4 Å². The summed E-state index contributed by atoms with van der Waals surface area (Å²) in [7, 11) is 3.16. The molecule has 0 radical (unpaired) electrons. The van der Waals surface area contributed by atoms with Crippen LogP contribution in [0.3, 0.4) is 0 Å². The predicted molar refractivity (Wildman–Crippen MR) is 81.4 cm³/mol. The summed E-state index contributed by atoms with van der Waals surface area (Å²) in [6.45, 7) is 0. The second kappa shape index (κ2) is 5.97. The Hall–Kier alpha value is -3.00. The van der Waals surface area contributed by atoms with E-state index >= 15 is 0 Å². The fraction of sp³-hybridized carbons (Fsp3) is 0.125. The average Bonchev–Trinajstić information content (AvgIpc) is 2.54. The molecule has 2 aromatic carbocycles. The van der Waals surface area contributed by atoms with E-state index in [-0.39, 0.29) is 0 Å². The lowest BCUT2D eigenvalue weighted by atomic mass is 10.1. The molecule has 0 fully saturated rings. The maximum Gasteiger partial charge on any atom is 0.340 e. The molecule has 0 unspecified atom stereocenters. The zero-order chi connectivity index (χ0) is 15.4. The summed E-state index contributed by atoms with van der Waals surface area (Å²) in [6.07, 6.45) is 0. The van der Waals surface area contributed by atoms with Gasteiger partial charge in [-0.25, -0.2) is 4.79 Å². The van der Waals surface area contributed by atoms with Crippen LogP contribution in [0, 0.1) is 11.3 Å². The van der Waals surface area contributed by atoms with Crippen LogP contribution >= 0.6 is 0 Å². The van der Waals surface area contributed by atoms with E-state index in [0.717, 1.165) is 5.69 Å². The predicted octanol–water partition coefficient (Wildman–Crippen LogP) is 2.69. The SMILES string of the molecule is COC(=O)c1cccc(N(C)c2ccc(C#N)cc2)c1N. The topological polar surface area (TPSA) is 79.3 Å². The quantitative estimate of drug-likeness (QED) is 0.691. The highest BCUT2D eigenvalue weighted by atomic mass is 16.5. The van der Waals surface area contributed by atoms with Crippen molar-refractivity contribution in [2.75, 3.05) is 24.8 Å². The average molecular weight is 281 g/mol. The number of para-hydroxylation sites is 1. The number of hydrogen-bond donors (Lipinski definition) is 1. The molecule has 5 heteroatoms. The summed E-state index contributed by atoms with van der Waals surface area (Å²) in [6, 6.07) is 14.4. The van der Waals surface area contributed by atoms with Gasteiger partial charge in [0.25, 0.3) is 0 Å². The van der Waals surface area contributed by atoms with E-state index in [2.05, 4.69) is 6.07 Å². The monoisotopic (exact) mass is 281 g/mol. The summed E-state index contributed by atoms with van der Waals surface area (Å²) < 4.78 is 4.71. The van der Waals surface area contributed by atoms with Crippen LogP contribution in [0.25, 0.3) is 0 Å². The van der Waals surface area contributed by atoms with Gasteiger partial charge in [-0.1, -0.05) is 6.07 Å². The molecule has 0 heterocycles. The fourth-order valence-corrected chi connectivity index (χ4v) is 2.03. The lowest BCUT2D eigenvalue weighted by Gasteiger charge is -2.22. The van der Waals surface area contributed by atoms with Crippen molar-refractivity contribution < 1.29 is 9.53 Å². The highest BCUT2D eigenvalue weighted by Crippen LogP contribution is 2.31. The van der Waals surface area contributed by atoms with Crippen molar-refractivity contribution in [2.45, 2.75) is 0 Å². The smallest absolute Gasteiger partial charge is 0.340 e. The van der Waals surface area contributed by atoms with E-state index in [1.165, 1.54) is 7.11 Å². The number of carbonyl (C=O) groups excluding carboxylic acids is 1. The Morgan fingerprint density at radius 1 is 1.24 bits per heavy atom. The molecule has 0 saturated carbocycles. The lowest BCUT2D eigenvalue weighted by Crippen LogP contribution is -2.14. The van der Waals surface area contributed by atoms with Gasteiger partial charge in [-0.05, 0) is 36.4 Å². The van der Waals surface area contributed by atoms with Gasteiger partial charge in [-0.3, -0.25) is 0 Å². The van der Waals surface area contributed by atoms with Gasteiger partial charge in [0.15, 0.2) is 0 Å². The number of benzene rings is 2. The van der Waals surface area contributed by atoms with Gasteiger partial charge in [0.2, 0.25) is 0 Å². The van der Waals surface area contributed by atoms with E-state index in [1.54, 1.807) is 24.3 Å². The second-order valence-corrected chi connectivity index (χ2v) is 4.45. The first-order valence-corrected chi connectivity index (χ1v) is 6.29. The molecule has 0 saturated heterocycles. The van der Waals surface area contributed by atoms with Gasteiger partial charge in [-0.2, -0.15) is 5.26 Å². The number of anilines is 3. The van der Waals surface area contributed by atoms with Crippen molar-refractivity contribution in [3.63, 3.8) is 0 Å². The number of methoxy groups -OCH3 is 1. The zero-order valence-electron chi connectivity index (χ0n) is 11.8. The van der Waals surface area contributed by atoms with E-state index in [1.807, 2.05) is 30.1 Å². The number of ether oxygens (including phenoxy) is 1. The second-order valence-electron chi connectivity index (χ2n) is 4.45. The number of carbonyl (C=O) groups is 1. The summed E-state index contributed by atoms with van der Waals surface area (Å²) in [4.78, 5) is 13.5. The third-order valence-electron chi connectivity index (χ3n) is 3.23. The zero-order valence-corrected chi connectivity index (χ0v) is 11.8. The third-order valence-corrected chi connectivity index (χ3v) is 3.23. The summed E-state index contributed by atoms with van der Waals surface area (Å²) in [5.74, 6) is -0.470. The largest absolute Gasteiger partial charge is 0.465 e. The Labute approximate surface area is 123 Å². The van der Waals surface area contributed by atoms with Crippen molar-refractivity contribution in [3.8, 4) is 6.07 Å². The highest BCUT2D eigenvalue weighted by molar-refractivity contribution is 5.99. The van der Waals surface area contributed by atoms with Gasteiger partial charge >= 0.3 is 5.97 Å². The molecular weight excluding hydrogens is 266 g/mol. The molecule has 0 bridgehead atoms. The van der Waals surface area contributed by atoms with E-state index in [9.17, 15) is 4.79 Å². The van der Waals surface area contributed by atoms with Crippen LogP contribution in [0.2, 0.25) is 0 Å². The third kappa shape index (κ3) is 2.79. The Balaban J connectivity index is 2.41. The molecule has 0 aliphatic carbocycles. The minimum absolute atomic E-state index is 0.329. The van der Waals surface area contributed by atoms with Gasteiger partial charge in [0.1, 0.15) is 0 Å². The maximum atomic E-state index is 11.7. The molecule has 0 amide bonds. The van der Waals surface area contributed by atoms with E-state index in [4.69, 9.17) is 15.7 Å². The normalized spacial score (nSPS) is 9.76. The van der Waals surface area contributed by atoms with E-state index in [0.29, 0.717) is 22.5 Å². The standard InChI is InChI=1S/C16H15N3O2/c1-19(12-8-6-11(10-17)7-9-12)14-5-3-4-13(15(14)18)16(20)21-2/h3-9H,18H2,1-2H3. The van der Waals surface area contributed by atoms with Gasteiger partial charge in [0.05, 0.1) is 35.7 Å². The molecule has 2 rings (SSSR count). The van der Waals surface area contributed by atoms with Crippen LogP contribution in [0.4, 0.5) is 17.1 Å². The van der Waals surface area contributed by atoms with Crippen molar-refractivity contribution in [1.29, 1.82) is 5.26 Å². The molecule has 0 aromatic heterocycles. The molecular formula is C16H15N3O2. The van der Waals surface area contributed by atoms with Crippen LogP contribution in [-0.4, -0.2) is 20.1 Å². The summed E-state index contributed by atoms with van der Waals surface area (Å²) in [5.41, 5.74) is 8.89. The van der Waals surface area contributed by atoms with Crippen molar-refractivity contribution in [1.82, 2.24) is 0 Å². The van der Waals surface area contributed by atoms with Crippen molar-refractivity contribution in [3.05, 3.63) is 53.6 Å². The number of nitrogen functional groups attached to an aromatic ring is 1. The van der Waals surface area contributed by atoms with Crippen LogP contribution < -0.4 is 10.6 Å². The van der Waals surface area contributed by atoms with Gasteiger partial charge in [-0.15, -0.1) is 0 Å². The number of hydrogen-bond acceptors (Lipinski definition) is 5. The minimum atomic E-state index is -0.470. The van der Waals surface area contributed by atoms with Crippen LogP contribution in [0.15, 0.2) is 42.5 Å². The molecule has 0 aliphatic heterocycles. The molecule has 2 N–H and O–H groups in total. The molecule has 0 spiro atoms. The highest BCUT2D eigenvalue weighted by Gasteiger charge is 2.15. The van der Waals surface area contributed by atoms with Gasteiger partial charge in [0, 0.05) is 12.7 Å². The van der Waals surface area contributed by atoms with Crippen LogP contribution in [0.1, 0.15) is 15.9 Å². The molecule has 0 aliphatic rings.